The van der Waals surface area contributed by atoms with Crippen molar-refractivity contribution in [3.63, 3.8) is 0 Å². The van der Waals surface area contributed by atoms with Gasteiger partial charge in [0.15, 0.2) is 0 Å². The molecule has 2 heteroatoms. The summed E-state index contributed by atoms with van der Waals surface area (Å²) in [5.74, 6) is 0.276. The summed E-state index contributed by atoms with van der Waals surface area (Å²) in [5.41, 5.74) is 0.796. The molecular weight excluding hydrogens is 350 g/mol. The first-order chi connectivity index (χ1) is 13.7. The molecule has 0 unspecified atom stereocenters. The van der Waals surface area contributed by atoms with Crippen LogP contribution in [0.5, 0.6) is 0 Å². The van der Waals surface area contributed by atoms with E-state index in [-0.39, 0.29) is 11.6 Å². The van der Waals surface area contributed by atoms with Gasteiger partial charge in [0.05, 0.1) is 0 Å². The molecule has 0 amide bonds. The number of benzene rings is 2. The molecule has 1 saturated carbocycles. The van der Waals surface area contributed by atoms with Gasteiger partial charge >= 0.3 is 0 Å². The minimum atomic E-state index is -0.533. The van der Waals surface area contributed by atoms with Crippen LogP contribution < -0.4 is 0 Å². The second-order valence-electron chi connectivity index (χ2n) is 8.54. The molecule has 0 spiro atoms. The monoisotopic (exact) mass is 384 g/mol. The summed E-state index contributed by atoms with van der Waals surface area (Å²) in [6, 6.07) is 13.9. The molecule has 1 aliphatic carbocycles. The Labute approximate surface area is 169 Å². The number of rotatable bonds is 9. The van der Waals surface area contributed by atoms with Gasteiger partial charge in [0.25, 0.3) is 0 Å². The molecule has 3 rings (SSSR count). The zero-order valence-electron chi connectivity index (χ0n) is 17.2. The third-order valence-corrected chi connectivity index (χ3v) is 6.70. The van der Waals surface area contributed by atoms with E-state index in [0.29, 0.717) is 17.0 Å². The number of hydrogen-bond donors (Lipinski definition) is 0. The van der Waals surface area contributed by atoms with Crippen molar-refractivity contribution in [1.82, 2.24) is 0 Å². The van der Waals surface area contributed by atoms with E-state index < -0.39 is 5.41 Å². The van der Waals surface area contributed by atoms with E-state index in [9.17, 15) is 8.78 Å². The van der Waals surface area contributed by atoms with Gasteiger partial charge in [-0.3, -0.25) is 0 Å². The molecule has 0 aliphatic heterocycles. The van der Waals surface area contributed by atoms with E-state index in [1.807, 2.05) is 24.3 Å². The fourth-order valence-electron chi connectivity index (χ4n) is 5.05. The minimum Gasteiger partial charge on any atom is -0.207 e. The minimum absolute atomic E-state index is 0.208. The van der Waals surface area contributed by atoms with Crippen LogP contribution in [0.25, 0.3) is 0 Å². The van der Waals surface area contributed by atoms with Crippen molar-refractivity contribution < 1.29 is 8.78 Å². The lowest BCUT2D eigenvalue weighted by atomic mass is 9.62. The average molecular weight is 385 g/mol. The summed E-state index contributed by atoms with van der Waals surface area (Å²) >= 11 is 0. The molecule has 0 saturated heterocycles. The summed E-state index contributed by atoms with van der Waals surface area (Å²) in [4.78, 5) is 0. The van der Waals surface area contributed by atoms with E-state index in [1.54, 1.807) is 12.1 Å². The van der Waals surface area contributed by atoms with E-state index in [4.69, 9.17) is 0 Å². The largest absolute Gasteiger partial charge is 0.207 e. The van der Waals surface area contributed by atoms with Crippen molar-refractivity contribution in [1.29, 1.82) is 0 Å². The summed E-state index contributed by atoms with van der Waals surface area (Å²) in [6.07, 6.45) is 13.0. The van der Waals surface area contributed by atoms with Crippen LogP contribution in [-0.4, -0.2) is 0 Å². The maximum atomic E-state index is 14.8. The predicted molar refractivity (Wildman–Crippen MR) is 114 cm³/mol. The van der Waals surface area contributed by atoms with Crippen molar-refractivity contribution in [2.24, 2.45) is 5.92 Å². The maximum absolute atomic E-state index is 14.8. The Balaban J connectivity index is 1.70. The van der Waals surface area contributed by atoms with E-state index in [2.05, 4.69) is 6.92 Å². The van der Waals surface area contributed by atoms with Gasteiger partial charge in [0, 0.05) is 5.41 Å². The molecule has 0 bridgehead atoms. The third kappa shape index (κ3) is 4.82. The lowest BCUT2D eigenvalue weighted by Crippen LogP contribution is -2.35. The molecule has 152 valence electrons. The van der Waals surface area contributed by atoms with Crippen molar-refractivity contribution in [3.05, 3.63) is 71.3 Å². The zero-order chi connectivity index (χ0) is 19.8. The van der Waals surface area contributed by atoms with Gasteiger partial charge < -0.3 is 0 Å². The van der Waals surface area contributed by atoms with Gasteiger partial charge in [-0.1, -0.05) is 88.3 Å². The Morgan fingerprint density at radius 3 is 1.79 bits per heavy atom. The highest BCUT2D eigenvalue weighted by Gasteiger charge is 2.41. The normalized spacial score (nSPS) is 17.0. The Morgan fingerprint density at radius 2 is 1.25 bits per heavy atom. The maximum Gasteiger partial charge on any atom is 0.127 e. The lowest BCUT2D eigenvalue weighted by molar-refractivity contribution is 0.241. The number of unbranched alkanes of at least 4 members (excludes halogenated alkanes) is 5. The lowest BCUT2D eigenvalue weighted by Gasteiger charge is -2.41. The molecule has 0 nitrogen and oxygen atoms in total. The SMILES string of the molecule is CCCCCCCCC1CCC(c2ccccc2F)(c2ccccc2F)CC1. The van der Waals surface area contributed by atoms with Crippen LogP contribution in [0.2, 0.25) is 0 Å². The smallest absolute Gasteiger partial charge is 0.127 e. The molecule has 0 N–H and O–H groups in total. The number of halogens is 2. The highest BCUT2D eigenvalue weighted by Crippen LogP contribution is 2.48. The van der Waals surface area contributed by atoms with Crippen molar-refractivity contribution in [2.45, 2.75) is 83.0 Å². The van der Waals surface area contributed by atoms with E-state index in [1.165, 1.54) is 57.1 Å². The Hall–Kier alpha value is -1.70. The first-order valence-electron chi connectivity index (χ1n) is 11.2. The van der Waals surface area contributed by atoms with Gasteiger partial charge in [0.2, 0.25) is 0 Å². The van der Waals surface area contributed by atoms with Gasteiger partial charge in [-0.25, -0.2) is 8.78 Å². The molecule has 0 atom stereocenters. The third-order valence-electron chi connectivity index (χ3n) is 6.70. The highest BCUT2D eigenvalue weighted by molar-refractivity contribution is 5.41. The van der Waals surface area contributed by atoms with Gasteiger partial charge in [-0.15, -0.1) is 0 Å². The molecule has 2 aromatic carbocycles. The quantitative estimate of drug-likeness (QED) is 0.382. The fraction of sp³-hybridized carbons (Fsp3) is 0.538. The molecular formula is C26H34F2. The van der Waals surface area contributed by atoms with Gasteiger partial charge in [0.1, 0.15) is 11.6 Å². The van der Waals surface area contributed by atoms with Crippen LogP contribution in [0.15, 0.2) is 48.5 Å². The highest BCUT2D eigenvalue weighted by atomic mass is 19.1. The van der Waals surface area contributed by atoms with Gasteiger partial charge in [-0.05, 0) is 54.9 Å². The predicted octanol–water partition coefficient (Wildman–Crippen LogP) is 8.19. The molecule has 0 radical (unpaired) electrons. The average Bonchev–Trinajstić information content (AvgIpc) is 2.72. The Bertz CT molecular complexity index is 681. The summed E-state index contributed by atoms with van der Waals surface area (Å²) in [6.45, 7) is 2.25. The van der Waals surface area contributed by atoms with Crippen LogP contribution in [0.1, 0.15) is 88.7 Å². The standard InChI is InChI=1S/C26H34F2/c1-2-3-4-5-6-7-12-21-17-19-26(20-18-21,22-13-8-10-15-24(22)27)23-14-9-11-16-25(23)28/h8-11,13-16,21H,2-7,12,17-20H2,1H3. The van der Waals surface area contributed by atoms with Crippen molar-refractivity contribution in [3.8, 4) is 0 Å². The molecule has 0 heterocycles. The molecule has 1 fully saturated rings. The van der Waals surface area contributed by atoms with Crippen LogP contribution in [0, 0.1) is 17.6 Å². The van der Waals surface area contributed by atoms with Crippen molar-refractivity contribution >= 4 is 0 Å². The zero-order valence-corrected chi connectivity index (χ0v) is 17.2. The van der Waals surface area contributed by atoms with Crippen LogP contribution in [-0.2, 0) is 5.41 Å². The van der Waals surface area contributed by atoms with E-state index in [0.717, 1.165) is 25.7 Å². The van der Waals surface area contributed by atoms with Crippen LogP contribution in [0.4, 0.5) is 8.78 Å². The topological polar surface area (TPSA) is 0 Å². The summed E-state index contributed by atoms with van der Waals surface area (Å²) < 4.78 is 29.5. The molecule has 0 aromatic heterocycles. The summed E-state index contributed by atoms with van der Waals surface area (Å²) in [7, 11) is 0. The molecule has 2 aromatic rings. The van der Waals surface area contributed by atoms with Gasteiger partial charge in [-0.2, -0.15) is 0 Å². The second kappa shape index (κ2) is 10.2. The summed E-state index contributed by atoms with van der Waals surface area (Å²) in [5, 5.41) is 0. The molecule has 28 heavy (non-hydrogen) atoms. The Kier molecular flexibility index (Phi) is 7.65. The van der Waals surface area contributed by atoms with Crippen molar-refractivity contribution in [2.75, 3.05) is 0 Å². The van der Waals surface area contributed by atoms with Crippen LogP contribution in [0.3, 0.4) is 0 Å². The first kappa shape index (κ1) is 21.0. The number of hydrogen-bond acceptors (Lipinski definition) is 0. The Morgan fingerprint density at radius 1 is 0.750 bits per heavy atom. The molecule has 1 aliphatic rings. The van der Waals surface area contributed by atoms with E-state index >= 15 is 0 Å². The van der Waals surface area contributed by atoms with Crippen LogP contribution >= 0.6 is 0 Å². The first-order valence-corrected chi connectivity index (χ1v) is 11.2. The second-order valence-corrected chi connectivity index (χ2v) is 8.54. The fourth-order valence-corrected chi connectivity index (χ4v) is 5.05.